The first-order chi connectivity index (χ1) is 21.9. The Labute approximate surface area is 270 Å². The molecule has 4 heterocycles. The highest BCUT2D eigenvalue weighted by Gasteiger charge is 2.45. The van der Waals surface area contributed by atoms with Crippen molar-refractivity contribution in [2.45, 2.75) is 78.2 Å². The van der Waals surface area contributed by atoms with Gasteiger partial charge in [0.25, 0.3) is 0 Å². The molecule has 4 aliphatic rings. The van der Waals surface area contributed by atoms with Crippen LogP contribution in [0.5, 0.6) is 11.6 Å². The van der Waals surface area contributed by atoms with Crippen LogP contribution in [-0.2, 0) is 24.8 Å². The average molecular weight is 682 g/mol. The molecule has 2 saturated heterocycles. The van der Waals surface area contributed by atoms with E-state index < -0.39 is 43.9 Å². The Balaban J connectivity index is 0.954. The number of pyridine rings is 1. The average Bonchev–Trinajstić information content (AvgIpc) is 3.64. The van der Waals surface area contributed by atoms with E-state index in [1.807, 2.05) is 11.9 Å². The lowest BCUT2D eigenvalue weighted by molar-refractivity contribution is -0.0312. The van der Waals surface area contributed by atoms with Gasteiger partial charge < -0.3 is 34.6 Å². The zero-order valence-corrected chi connectivity index (χ0v) is 27.5. The standard InChI is InChI=1S/C30H43N5O9S2/c1-34-12-13-42-29-27(34)15-25(18-32-29)46(40,41)35-10-8-30(9-11-35)16-21(19-44-30)31-17-22(36)20-43-23-4-2-5-24(14-23)45(38,39)33-26-6-3-7-28(26)37/h2,4-5,14-15,18,21-22,26,28,31,33,36-37H,3,6-13,16-17,19-20H2,1H3/t21?,22?,26-,28+/m1/s1. The first-order valence-electron chi connectivity index (χ1n) is 15.8. The molecule has 3 aliphatic heterocycles. The van der Waals surface area contributed by atoms with Crippen molar-refractivity contribution < 1.29 is 41.3 Å². The minimum atomic E-state index is -3.83. The Morgan fingerprint density at radius 3 is 2.70 bits per heavy atom. The number of ether oxygens (including phenoxy) is 3. The van der Waals surface area contributed by atoms with Crippen LogP contribution in [0, 0.1) is 0 Å². The second-order valence-corrected chi connectivity index (χ2v) is 16.3. The number of fused-ring (bicyclic) bond motifs is 1. The molecule has 2 unspecified atom stereocenters. The number of nitrogens with zero attached hydrogens (tertiary/aromatic N) is 3. The molecule has 0 bridgehead atoms. The number of aromatic nitrogens is 1. The maximum atomic E-state index is 13.4. The summed E-state index contributed by atoms with van der Waals surface area (Å²) in [4.78, 5) is 6.36. The molecule has 1 spiro atoms. The van der Waals surface area contributed by atoms with Gasteiger partial charge in [-0.25, -0.2) is 26.5 Å². The maximum absolute atomic E-state index is 13.4. The van der Waals surface area contributed by atoms with Crippen LogP contribution in [0.2, 0.25) is 0 Å². The minimum absolute atomic E-state index is 0.0105. The predicted molar refractivity (Wildman–Crippen MR) is 168 cm³/mol. The number of hydrogen-bond donors (Lipinski definition) is 4. The molecule has 1 aliphatic carbocycles. The van der Waals surface area contributed by atoms with E-state index in [0.29, 0.717) is 82.3 Å². The van der Waals surface area contributed by atoms with E-state index in [9.17, 15) is 27.0 Å². The summed E-state index contributed by atoms with van der Waals surface area (Å²) in [6.45, 7) is 2.48. The van der Waals surface area contributed by atoms with Crippen LogP contribution in [0.4, 0.5) is 5.69 Å². The van der Waals surface area contributed by atoms with Crippen molar-refractivity contribution in [1.29, 1.82) is 0 Å². The Morgan fingerprint density at radius 2 is 1.93 bits per heavy atom. The molecule has 2 aromatic rings. The summed E-state index contributed by atoms with van der Waals surface area (Å²) >= 11 is 0. The maximum Gasteiger partial charge on any atom is 0.244 e. The molecule has 254 valence electrons. The predicted octanol–water partition coefficient (Wildman–Crippen LogP) is 0.444. The van der Waals surface area contributed by atoms with E-state index in [2.05, 4.69) is 15.0 Å². The van der Waals surface area contributed by atoms with Gasteiger partial charge in [-0.05, 0) is 56.7 Å². The lowest BCUT2D eigenvalue weighted by atomic mass is 9.88. The smallest absolute Gasteiger partial charge is 0.244 e. The third kappa shape index (κ3) is 7.28. The van der Waals surface area contributed by atoms with Gasteiger partial charge in [0.15, 0.2) is 0 Å². The molecule has 14 nitrogen and oxygen atoms in total. The van der Waals surface area contributed by atoms with Crippen molar-refractivity contribution in [1.82, 2.24) is 19.3 Å². The van der Waals surface area contributed by atoms with Crippen molar-refractivity contribution >= 4 is 25.7 Å². The third-order valence-electron chi connectivity index (χ3n) is 9.35. The molecule has 16 heteroatoms. The first kappa shape index (κ1) is 33.3. The molecule has 46 heavy (non-hydrogen) atoms. The van der Waals surface area contributed by atoms with Gasteiger partial charge in [0.2, 0.25) is 25.9 Å². The van der Waals surface area contributed by atoms with Crippen molar-refractivity contribution in [2.75, 3.05) is 57.9 Å². The topological polar surface area (TPSA) is 180 Å². The highest BCUT2D eigenvalue weighted by Crippen LogP contribution is 2.38. The molecule has 3 fully saturated rings. The van der Waals surface area contributed by atoms with E-state index in [0.717, 1.165) is 6.42 Å². The molecule has 1 aromatic heterocycles. The number of nitrogens with one attached hydrogen (secondary N) is 2. The summed E-state index contributed by atoms with van der Waals surface area (Å²) in [5.41, 5.74) is 0.234. The van der Waals surface area contributed by atoms with Gasteiger partial charge in [-0.1, -0.05) is 6.07 Å². The normalized spacial score (nSPS) is 25.7. The lowest BCUT2D eigenvalue weighted by Gasteiger charge is -2.38. The number of piperidine rings is 1. The van der Waals surface area contributed by atoms with Crippen LogP contribution in [0.25, 0.3) is 0 Å². The van der Waals surface area contributed by atoms with Crippen LogP contribution in [-0.4, -0.2) is 119 Å². The number of benzene rings is 1. The fraction of sp³-hybridized carbons (Fsp3) is 0.633. The van der Waals surface area contributed by atoms with Gasteiger partial charge in [-0.3, -0.25) is 0 Å². The van der Waals surface area contributed by atoms with E-state index >= 15 is 0 Å². The van der Waals surface area contributed by atoms with E-state index in [1.54, 1.807) is 18.2 Å². The minimum Gasteiger partial charge on any atom is -0.491 e. The number of aliphatic hydroxyl groups is 2. The van der Waals surface area contributed by atoms with Gasteiger partial charge >= 0.3 is 0 Å². The first-order valence-corrected chi connectivity index (χ1v) is 18.7. The van der Waals surface area contributed by atoms with Crippen LogP contribution in [0.15, 0.2) is 46.3 Å². The second-order valence-electron chi connectivity index (χ2n) is 12.6. The summed E-state index contributed by atoms with van der Waals surface area (Å²) < 4.78 is 74.0. The van der Waals surface area contributed by atoms with Crippen LogP contribution < -0.4 is 24.4 Å². The molecule has 4 atom stereocenters. The number of rotatable bonds is 11. The molecular weight excluding hydrogens is 638 g/mol. The van der Waals surface area contributed by atoms with Crippen molar-refractivity contribution in [2.24, 2.45) is 0 Å². The fourth-order valence-corrected chi connectivity index (χ4v) is 9.33. The summed E-state index contributed by atoms with van der Waals surface area (Å²) in [5.74, 6) is 0.749. The van der Waals surface area contributed by atoms with E-state index in [4.69, 9.17) is 14.2 Å². The number of aliphatic hydroxyl groups excluding tert-OH is 2. The highest BCUT2D eigenvalue weighted by atomic mass is 32.2. The summed E-state index contributed by atoms with van der Waals surface area (Å²) in [7, 11) is -5.67. The highest BCUT2D eigenvalue weighted by molar-refractivity contribution is 7.89. The molecule has 6 rings (SSSR count). The van der Waals surface area contributed by atoms with E-state index in [1.165, 1.54) is 22.6 Å². The summed E-state index contributed by atoms with van der Waals surface area (Å²) in [5, 5.41) is 23.9. The van der Waals surface area contributed by atoms with Gasteiger partial charge in [-0.15, -0.1) is 0 Å². The van der Waals surface area contributed by atoms with Crippen LogP contribution >= 0.6 is 0 Å². The van der Waals surface area contributed by atoms with Crippen molar-refractivity contribution in [3.8, 4) is 11.6 Å². The summed E-state index contributed by atoms with van der Waals surface area (Å²) in [6, 6.07) is 7.17. The van der Waals surface area contributed by atoms with Crippen molar-refractivity contribution in [3.05, 3.63) is 36.5 Å². The lowest BCUT2D eigenvalue weighted by Crippen LogP contribution is -2.47. The number of anilines is 1. The quantitative estimate of drug-likeness (QED) is 0.258. The zero-order valence-electron chi connectivity index (χ0n) is 25.9. The van der Waals surface area contributed by atoms with Gasteiger partial charge in [0.1, 0.15) is 35.7 Å². The molecular formula is C30H43N5O9S2. The van der Waals surface area contributed by atoms with Gasteiger partial charge in [0, 0.05) is 44.8 Å². The Bertz CT molecular complexity index is 1600. The SMILES string of the molecule is CN1CCOc2ncc(S(=O)(=O)N3CCC4(CC3)CC(NCC(O)COc3cccc(S(=O)(=O)N[C@@H]5CCC[C@@H]5O)c3)CO4)cc21. The Morgan fingerprint density at radius 1 is 1.13 bits per heavy atom. The Kier molecular flexibility index (Phi) is 9.79. The summed E-state index contributed by atoms with van der Waals surface area (Å²) in [6.07, 6.45) is 3.55. The molecule has 1 aromatic carbocycles. The Hall–Kier alpha value is -2.57. The monoisotopic (exact) mass is 681 g/mol. The van der Waals surface area contributed by atoms with Crippen LogP contribution in [0.1, 0.15) is 38.5 Å². The van der Waals surface area contributed by atoms with Gasteiger partial charge in [0.05, 0.1) is 35.9 Å². The van der Waals surface area contributed by atoms with E-state index in [-0.39, 0.29) is 29.0 Å². The molecule has 0 radical (unpaired) electrons. The largest absolute Gasteiger partial charge is 0.491 e. The number of hydrogen-bond acceptors (Lipinski definition) is 12. The number of likely N-dealkylation sites (N-methyl/N-ethyl adjacent to an activating group) is 1. The number of sulfonamides is 2. The zero-order chi connectivity index (χ0) is 32.5. The van der Waals surface area contributed by atoms with Gasteiger partial charge in [-0.2, -0.15) is 4.31 Å². The fourth-order valence-electron chi connectivity index (χ4n) is 6.59. The van der Waals surface area contributed by atoms with Crippen molar-refractivity contribution in [3.63, 3.8) is 0 Å². The molecule has 0 amide bonds. The third-order valence-corrected chi connectivity index (χ3v) is 12.7. The second kappa shape index (κ2) is 13.5. The molecule has 4 N–H and O–H groups in total. The van der Waals surface area contributed by atoms with Crippen LogP contribution in [0.3, 0.4) is 0 Å². The molecule has 1 saturated carbocycles.